The van der Waals surface area contributed by atoms with E-state index in [0.29, 0.717) is 12.3 Å². The van der Waals surface area contributed by atoms with Gasteiger partial charge < -0.3 is 4.57 Å². The highest BCUT2D eigenvalue weighted by atomic mass is 32.2. The summed E-state index contributed by atoms with van der Waals surface area (Å²) in [6.45, 7) is 1.39. The molecule has 1 N–H and O–H groups in total. The molecule has 0 amide bonds. The van der Waals surface area contributed by atoms with Crippen molar-refractivity contribution in [3.8, 4) is 0 Å². The van der Waals surface area contributed by atoms with Gasteiger partial charge in [-0.3, -0.25) is 14.3 Å². The Morgan fingerprint density at radius 1 is 1.15 bits per heavy atom. The van der Waals surface area contributed by atoms with Crippen molar-refractivity contribution in [1.82, 2.24) is 19.1 Å². The number of aryl methyl sites for hydroxylation is 1. The van der Waals surface area contributed by atoms with Crippen LogP contribution in [0.4, 0.5) is 0 Å². The quantitative estimate of drug-likeness (QED) is 0.709. The van der Waals surface area contributed by atoms with Crippen LogP contribution in [0.15, 0.2) is 52.3 Å². The molecule has 0 atom stereocenters. The Balaban J connectivity index is 1.47. The van der Waals surface area contributed by atoms with Gasteiger partial charge in [-0.1, -0.05) is 30.3 Å². The van der Waals surface area contributed by atoms with E-state index in [4.69, 9.17) is 0 Å². The highest BCUT2D eigenvalue weighted by molar-refractivity contribution is 7.98. The average Bonchev–Trinajstić information content (AvgIpc) is 3.12. The lowest BCUT2D eigenvalue weighted by molar-refractivity contribution is 0.518. The van der Waals surface area contributed by atoms with Gasteiger partial charge in [-0.25, -0.2) is 9.78 Å². The zero-order valence-corrected chi connectivity index (χ0v) is 15.9. The number of hydrogen-bond acceptors (Lipinski definition) is 4. The number of nitrogens with one attached hydrogen (secondary N) is 1. The second-order valence-electron chi connectivity index (χ2n) is 6.69. The van der Waals surface area contributed by atoms with Gasteiger partial charge in [-0.2, -0.15) is 11.8 Å². The second kappa shape index (κ2) is 8.00. The van der Waals surface area contributed by atoms with E-state index < -0.39 is 0 Å². The third-order valence-corrected chi connectivity index (χ3v) is 5.92. The molecule has 0 radical (unpaired) electrons. The van der Waals surface area contributed by atoms with Gasteiger partial charge in [0, 0.05) is 48.9 Å². The van der Waals surface area contributed by atoms with Gasteiger partial charge in [0.1, 0.15) is 5.82 Å². The lowest BCUT2D eigenvalue weighted by atomic mass is 10.1. The maximum atomic E-state index is 12.3. The summed E-state index contributed by atoms with van der Waals surface area (Å²) in [5, 5.41) is 0. The molecule has 0 spiro atoms. The number of H-pyrrole nitrogens is 1. The van der Waals surface area contributed by atoms with E-state index in [2.05, 4.69) is 26.7 Å². The molecule has 0 unspecified atom stereocenters. The topological polar surface area (TPSA) is 72.7 Å². The van der Waals surface area contributed by atoms with Gasteiger partial charge in [0.15, 0.2) is 0 Å². The molecule has 0 fully saturated rings. The number of aromatic amines is 1. The smallest absolute Gasteiger partial charge is 0.328 e. The lowest BCUT2D eigenvalue weighted by Gasteiger charge is -2.19. The molecule has 6 nitrogen and oxygen atoms in total. The van der Waals surface area contributed by atoms with Crippen LogP contribution in [0.25, 0.3) is 0 Å². The summed E-state index contributed by atoms with van der Waals surface area (Å²) in [6.07, 6.45) is 6.19. The fourth-order valence-electron chi connectivity index (χ4n) is 3.56. The van der Waals surface area contributed by atoms with Crippen molar-refractivity contribution in [3.63, 3.8) is 0 Å². The normalized spacial score (nSPS) is 13.5. The number of hydrogen-bond donors (Lipinski definition) is 1. The van der Waals surface area contributed by atoms with E-state index >= 15 is 0 Å². The van der Waals surface area contributed by atoms with Crippen molar-refractivity contribution in [1.29, 1.82) is 0 Å². The predicted octanol–water partition coefficient (Wildman–Crippen LogP) is 2.20. The summed E-state index contributed by atoms with van der Waals surface area (Å²) in [5.74, 6) is 2.67. The largest absolute Gasteiger partial charge is 0.335 e. The van der Waals surface area contributed by atoms with Crippen LogP contribution in [0.5, 0.6) is 0 Å². The van der Waals surface area contributed by atoms with Gasteiger partial charge in [0.05, 0.1) is 0 Å². The first-order chi connectivity index (χ1) is 13.2. The molecule has 3 aromatic rings. The maximum absolute atomic E-state index is 12.3. The van der Waals surface area contributed by atoms with Crippen LogP contribution in [0.2, 0.25) is 0 Å². The first-order valence-corrected chi connectivity index (χ1v) is 10.3. The highest BCUT2D eigenvalue weighted by Crippen LogP contribution is 2.20. The molecule has 0 bridgehead atoms. The molecule has 4 rings (SSSR count). The SMILES string of the molecule is O=c1[nH]c(=O)n(CCCn2ccnc2Cc2ccccc2)c2c1CSCC2. The summed E-state index contributed by atoms with van der Waals surface area (Å²) in [5.41, 5.74) is 2.39. The van der Waals surface area contributed by atoms with Crippen LogP contribution < -0.4 is 11.2 Å². The van der Waals surface area contributed by atoms with E-state index in [1.807, 2.05) is 30.6 Å². The molecule has 7 heteroatoms. The van der Waals surface area contributed by atoms with Crippen LogP contribution in [0.1, 0.15) is 29.1 Å². The van der Waals surface area contributed by atoms with E-state index in [9.17, 15) is 9.59 Å². The second-order valence-corrected chi connectivity index (χ2v) is 7.80. The van der Waals surface area contributed by atoms with E-state index in [0.717, 1.165) is 48.6 Å². The molecule has 0 aliphatic carbocycles. The molecule has 27 heavy (non-hydrogen) atoms. The van der Waals surface area contributed by atoms with Crippen molar-refractivity contribution in [3.05, 3.63) is 86.2 Å². The average molecular weight is 382 g/mol. The Hall–Kier alpha value is -2.54. The number of fused-ring (bicyclic) bond motifs is 1. The Morgan fingerprint density at radius 3 is 2.85 bits per heavy atom. The van der Waals surface area contributed by atoms with Crippen LogP contribution in [-0.4, -0.2) is 24.9 Å². The van der Waals surface area contributed by atoms with Crippen LogP contribution in [0, 0.1) is 0 Å². The minimum absolute atomic E-state index is 0.224. The summed E-state index contributed by atoms with van der Waals surface area (Å²) < 4.78 is 3.90. The number of nitrogens with zero attached hydrogens (tertiary/aromatic N) is 3. The minimum atomic E-state index is -0.291. The first-order valence-electron chi connectivity index (χ1n) is 9.19. The fourth-order valence-corrected chi connectivity index (χ4v) is 4.54. The van der Waals surface area contributed by atoms with E-state index in [1.165, 1.54) is 5.56 Å². The third-order valence-electron chi connectivity index (χ3n) is 4.93. The van der Waals surface area contributed by atoms with Crippen LogP contribution >= 0.6 is 11.8 Å². The van der Waals surface area contributed by atoms with Gasteiger partial charge in [-0.15, -0.1) is 0 Å². The van der Waals surface area contributed by atoms with Gasteiger partial charge in [0.25, 0.3) is 5.56 Å². The Kier molecular flexibility index (Phi) is 5.29. The van der Waals surface area contributed by atoms with E-state index in [1.54, 1.807) is 16.3 Å². The number of aromatic nitrogens is 4. The monoisotopic (exact) mass is 382 g/mol. The molecule has 3 heterocycles. The Bertz CT molecular complexity index is 1040. The molecule has 140 valence electrons. The molecule has 1 aliphatic heterocycles. The molecule has 0 saturated heterocycles. The lowest BCUT2D eigenvalue weighted by Crippen LogP contribution is -2.37. The van der Waals surface area contributed by atoms with Gasteiger partial charge >= 0.3 is 5.69 Å². The number of thioether (sulfide) groups is 1. The number of rotatable bonds is 6. The van der Waals surface area contributed by atoms with Crippen LogP contribution in [-0.2, 0) is 31.7 Å². The summed E-state index contributed by atoms with van der Waals surface area (Å²) >= 11 is 1.74. The Morgan fingerprint density at radius 2 is 2.00 bits per heavy atom. The van der Waals surface area contributed by atoms with Gasteiger partial charge in [0.2, 0.25) is 0 Å². The summed E-state index contributed by atoms with van der Waals surface area (Å²) in [4.78, 5) is 31.3. The highest BCUT2D eigenvalue weighted by Gasteiger charge is 2.18. The molecular formula is C20H22N4O2S. The first kappa shape index (κ1) is 17.9. The zero-order valence-electron chi connectivity index (χ0n) is 15.1. The van der Waals surface area contributed by atoms with Crippen molar-refractivity contribution < 1.29 is 0 Å². The molecule has 2 aromatic heterocycles. The van der Waals surface area contributed by atoms with Crippen LogP contribution in [0.3, 0.4) is 0 Å². The third kappa shape index (κ3) is 3.93. The van der Waals surface area contributed by atoms with Gasteiger partial charge in [-0.05, 0) is 24.2 Å². The zero-order chi connectivity index (χ0) is 18.6. The van der Waals surface area contributed by atoms with Crippen molar-refractivity contribution in [2.45, 2.75) is 38.1 Å². The molecule has 1 aliphatic rings. The van der Waals surface area contributed by atoms with Crippen molar-refractivity contribution in [2.75, 3.05) is 5.75 Å². The number of imidazole rings is 1. The summed E-state index contributed by atoms with van der Waals surface area (Å²) in [7, 11) is 0. The maximum Gasteiger partial charge on any atom is 0.328 e. The molecule has 0 saturated carbocycles. The summed E-state index contributed by atoms with van der Waals surface area (Å²) in [6, 6.07) is 10.3. The van der Waals surface area contributed by atoms with Crippen molar-refractivity contribution >= 4 is 11.8 Å². The minimum Gasteiger partial charge on any atom is -0.335 e. The predicted molar refractivity (Wildman–Crippen MR) is 107 cm³/mol. The standard InChI is InChI=1S/C20H22N4O2S/c25-19-16-14-27-12-7-17(16)24(20(26)22-19)10-4-9-23-11-8-21-18(23)13-15-5-2-1-3-6-15/h1-3,5-6,8,11H,4,7,9-10,12-14H2,(H,22,25,26). The van der Waals surface area contributed by atoms with E-state index in [-0.39, 0.29) is 11.2 Å². The fraction of sp³-hybridized carbons (Fsp3) is 0.350. The molecule has 1 aromatic carbocycles. The Labute approximate surface area is 161 Å². The molecular weight excluding hydrogens is 360 g/mol. The van der Waals surface area contributed by atoms with Crippen molar-refractivity contribution in [2.24, 2.45) is 0 Å². The number of benzene rings is 1.